The summed E-state index contributed by atoms with van der Waals surface area (Å²) in [6.07, 6.45) is 0. The third-order valence-corrected chi connectivity index (χ3v) is 4.65. The van der Waals surface area contributed by atoms with Crippen LogP contribution in [0.5, 0.6) is 5.75 Å². The number of benzene rings is 2. The van der Waals surface area contributed by atoms with E-state index in [-0.39, 0.29) is 18.5 Å². The van der Waals surface area contributed by atoms with Gasteiger partial charge < -0.3 is 19.9 Å². The van der Waals surface area contributed by atoms with E-state index in [2.05, 4.69) is 5.32 Å². The van der Waals surface area contributed by atoms with E-state index in [0.29, 0.717) is 37.0 Å². The average Bonchev–Trinajstić information content (AvgIpc) is 2.69. The highest BCUT2D eigenvalue weighted by Crippen LogP contribution is 2.16. The molecule has 1 saturated heterocycles. The normalized spacial score (nSPS) is 14.0. The Morgan fingerprint density at radius 1 is 0.963 bits per heavy atom. The number of halogens is 1. The summed E-state index contributed by atoms with van der Waals surface area (Å²) in [6.45, 7) is 3.93. The zero-order valence-corrected chi connectivity index (χ0v) is 15.9. The quantitative estimate of drug-likeness (QED) is 0.874. The Balaban J connectivity index is 1.43. The number of amides is 3. The number of carbonyl (C=O) groups is 2. The number of urea groups is 1. The summed E-state index contributed by atoms with van der Waals surface area (Å²) in [5, 5.41) is 3.50. The van der Waals surface area contributed by atoms with Gasteiger partial charge in [-0.15, -0.1) is 0 Å². The minimum Gasteiger partial charge on any atom is -0.484 e. The van der Waals surface area contributed by atoms with Gasteiger partial charge in [-0.1, -0.05) is 29.3 Å². The molecule has 6 nitrogen and oxygen atoms in total. The van der Waals surface area contributed by atoms with Gasteiger partial charge in [0.1, 0.15) is 5.75 Å². The third-order valence-electron chi connectivity index (χ3n) is 4.40. The molecule has 0 spiro atoms. The van der Waals surface area contributed by atoms with Gasteiger partial charge in [0.15, 0.2) is 6.61 Å². The molecule has 1 heterocycles. The Bertz CT molecular complexity index is 785. The lowest BCUT2D eigenvalue weighted by molar-refractivity contribution is -0.134. The van der Waals surface area contributed by atoms with Crippen LogP contribution in [0, 0.1) is 6.92 Å². The Hall–Kier alpha value is -2.73. The highest BCUT2D eigenvalue weighted by Gasteiger charge is 2.24. The number of carbonyl (C=O) groups excluding carboxylic acids is 2. The lowest BCUT2D eigenvalue weighted by atomic mass is 10.2. The zero-order valence-electron chi connectivity index (χ0n) is 15.2. The lowest BCUT2D eigenvalue weighted by Crippen LogP contribution is -2.52. The van der Waals surface area contributed by atoms with Crippen LogP contribution in [-0.4, -0.2) is 54.5 Å². The number of nitrogens with one attached hydrogen (secondary N) is 1. The molecule has 142 valence electrons. The van der Waals surface area contributed by atoms with Gasteiger partial charge in [0, 0.05) is 36.9 Å². The van der Waals surface area contributed by atoms with Crippen LogP contribution >= 0.6 is 11.6 Å². The number of rotatable bonds is 4. The Morgan fingerprint density at radius 3 is 2.19 bits per heavy atom. The predicted octanol–water partition coefficient (Wildman–Crippen LogP) is 3.40. The minimum atomic E-state index is -0.150. The first-order valence-corrected chi connectivity index (χ1v) is 9.18. The van der Waals surface area contributed by atoms with Crippen molar-refractivity contribution in [1.82, 2.24) is 9.80 Å². The molecule has 1 aliphatic heterocycles. The summed E-state index contributed by atoms with van der Waals surface area (Å²) in [5.74, 6) is 0.507. The maximum absolute atomic E-state index is 12.3. The molecule has 7 heteroatoms. The van der Waals surface area contributed by atoms with Gasteiger partial charge in [-0.2, -0.15) is 0 Å². The van der Waals surface area contributed by atoms with Crippen LogP contribution in [0.1, 0.15) is 5.56 Å². The number of ether oxygens (including phenoxy) is 1. The summed E-state index contributed by atoms with van der Waals surface area (Å²) in [4.78, 5) is 28.1. The first-order chi connectivity index (χ1) is 13.0. The number of aryl methyl sites for hydroxylation is 1. The van der Waals surface area contributed by atoms with Crippen LogP contribution in [0.4, 0.5) is 10.5 Å². The topological polar surface area (TPSA) is 61.9 Å². The zero-order chi connectivity index (χ0) is 19.2. The molecule has 0 aliphatic carbocycles. The first-order valence-electron chi connectivity index (χ1n) is 8.80. The van der Waals surface area contributed by atoms with Crippen molar-refractivity contribution >= 4 is 29.2 Å². The second kappa shape index (κ2) is 8.77. The van der Waals surface area contributed by atoms with Crippen molar-refractivity contribution in [2.24, 2.45) is 0 Å². The van der Waals surface area contributed by atoms with Crippen molar-refractivity contribution in [2.45, 2.75) is 6.92 Å². The number of hydrogen-bond acceptors (Lipinski definition) is 3. The van der Waals surface area contributed by atoms with E-state index < -0.39 is 0 Å². The van der Waals surface area contributed by atoms with Crippen molar-refractivity contribution < 1.29 is 14.3 Å². The number of anilines is 1. The summed E-state index contributed by atoms with van der Waals surface area (Å²) in [7, 11) is 0. The van der Waals surface area contributed by atoms with Gasteiger partial charge >= 0.3 is 6.03 Å². The SMILES string of the molecule is Cc1ccc(NC(=O)N2CCN(C(=O)COc3ccc(Cl)cc3)CC2)cc1. The van der Waals surface area contributed by atoms with E-state index in [0.717, 1.165) is 11.3 Å². The molecule has 1 N–H and O–H groups in total. The van der Waals surface area contributed by atoms with E-state index in [9.17, 15) is 9.59 Å². The predicted molar refractivity (Wildman–Crippen MR) is 105 cm³/mol. The monoisotopic (exact) mass is 387 g/mol. The molecule has 1 aliphatic rings. The van der Waals surface area contributed by atoms with E-state index >= 15 is 0 Å². The van der Waals surface area contributed by atoms with Gasteiger partial charge in [-0.05, 0) is 43.3 Å². The molecule has 0 aromatic heterocycles. The van der Waals surface area contributed by atoms with E-state index in [4.69, 9.17) is 16.3 Å². The highest BCUT2D eigenvalue weighted by molar-refractivity contribution is 6.30. The Kier molecular flexibility index (Phi) is 6.19. The van der Waals surface area contributed by atoms with Crippen molar-refractivity contribution in [3.05, 3.63) is 59.1 Å². The van der Waals surface area contributed by atoms with Crippen LogP contribution in [0.25, 0.3) is 0 Å². The van der Waals surface area contributed by atoms with E-state index in [1.54, 1.807) is 34.1 Å². The Labute approximate surface area is 163 Å². The maximum Gasteiger partial charge on any atom is 0.321 e. The summed E-state index contributed by atoms with van der Waals surface area (Å²) >= 11 is 5.83. The molecule has 2 aromatic carbocycles. The molecule has 0 atom stereocenters. The second-order valence-electron chi connectivity index (χ2n) is 6.41. The minimum absolute atomic E-state index is 0.0306. The second-order valence-corrected chi connectivity index (χ2v) is 6.84. The number of nitrogens with zero attached hydrogens (tertiary/aromatic N) is 2. The number of hydrogen-bond donors (Lipinski definition) is 1. The smallest absolute Gasteiger partial charge is 0.321 e. The molecule has 3 amide bonds. The highest BCUT2D eigenvalue weighted by atomic mass is 35.5. The molecule has 0 saturated carbocycles. The molecule has 27 heavy (non-hydrogen) atoms. The van der Waals surface area contributed by atoms with Crippen LogP contribution in [0.2, 0.25) is 5.02 Å². The maximum atomic E-state index is 12.3. The molecule has 0 bridgehead atoms. The van der Waals surface area contributed by atoms with Crippen LogP contribution in [0.15, 0.2) is 48.5 Å². The van der Waals surface area contributed by atoms with E-state index in [1.165, 1.54) is 0 Å². The van der Waals surface area contributed by atoms with Crippen LogP contribution in [0.3, 0.4) is 0 Å². The van der Waals surface area contributed by atoms with Crippen molar-refractivity contribution in [3.8, 4) is 5.75 Å². The fourth-order valence-electron chi connectivity index (χ4n) is 2.77. The third kappa shape index (κ3) is 5.37. The van der Waals surface area contributed by atoms with Crippen LogP contribution < -0.4 is 10.1 Å². The summed E-state index contributed by atoms with van der Waals surface area (Å²) in [5.41, 5.74) is 1.90. The molecular formula is C20H22ClN3O3. The summed E-state index contributed by atoms with van der Waals surface area (Å²) < 4.78 is 5.50. The van der Waals surface area contributed by atoms with Gasteiger partial charge in [0.05, 0.1) is 0 Å². The Morgan fingerprint density at radius 2 is 1.56 bits per heavy atom. The fraction of sp³-hybridized carbons (Fsp3) is 0.300. The van der Waals surface area contributed by atoms with Crippen molar-refractivity contribution in [1.29, 1.82) is 0 Å². The van der Waals surface area contributed by atoms with Crippen molar-refractivity contribution in [3.63, 3.8) is 0 Å². The average molecular weight is 388 g/mol. The molecule has 1 fully saturated rings. The molecule has 0 unspecified atom stereocenters. The number of piperazine rings is 1. The van der Waals surface area contributed by atoms with Gasteiger partial charge in [-0.25, -0.2) is 4.79 Å². The summed E-state index contributed by atoms with van der Waals surface area (Å²) in [6, 6.07) is 14.4. The van der Waals surface area contributed by atoms with E-state index in [1.807, 2.05) is 31.2 Å². The molecule has 3 rings (SSSR count). The fourth-order valence-corrected chi connectivity index (χ4v) is 2.89. The lowest BCUT2D eigenvalue weighted by Gasteiger charge is -2.34. The largest absolute Gasteiger partial charge is 0.484 e. The molecule has 0 radical (unpaired) electrons. The molecular weight excluding hydrogens is 366 g/mol. The van der Waals surface area contributed by atoms with Crippen LogP contribution in [-0.2, 0) is 4.79 Å². The van der Waals surface area contributed by atoms with Gasteiger partial charge in [0.2, 0.25) is 0 Å². The first kappa shape index (κ1) is 19.0. The van der Waals surface area contributed by atoms with Gasteiger partial charge in [0.25, 0.3) is 5.91 Å². The van der Waals surface area contributed by atoms with Gasteiger partial charge in [-0.3, -0.25) is 4.79 Å². The van der Waals surface area contributed by atoms with Crippen molar-refractivity contribution in [2.75, 3.05) is 38.1 Å². The standard InChI is InChI=1S/C20H22ClN3O3/c1-15-2-6-17(7-3-15)22-20(26)24-12-10-23(11-13-24)19(25)14-27-18-8-4-16(21)5-9-18/h2-9H,10-14H2,1H3,(H,22,26). The molecule has 2 aromatic rings.